The molecule has 5 nitrogen and oxygen atoms in total. The van der Waals surface area contributed by atoms with Crippen LogP contribution in [0.5, 0.6) is 5.75 Å². The van der Waals surface area contributed by atoms with E-state index >= 15 is 0 Å². The van der Waals surface area contributed by atoms with Gasteiger partial charge in [-0.2, -0.15) is 0 Å². The molecule has 0 spiro atoms. The normalized spacial score (nSPS) is 10.0. The fourth-order valence-electron chi connectivity index (χ4n) is 1.79. The summed E-state index contributed by atoms with van der Waals surface area (Å²) in [5, 5.41) is 0. The summed E-state index contributed by atoms with van der Waals surface area (Å²) in [6.45, 7) is 1.62. The van der Waals surface area contributed by atoms with Gasteiger partial charge in [0.15, 0.2) is 6.61 Å². The Hall–Kier alpha value is -1.86. The molecule has 7 heteroatoms. The van der Waals surface area contributed by atoms with Crippen molar-refractivity contribution in [3.8, 4) is 5.75 Å². The third-order valence-corrected chi connectivity index (χ3v) is 3.95. The number of hydrogen-bond donors (Lipinski definition) is 2. The van der Waals surface area contributed by atoms with Gasteiger partial charge in [-0.1, -0.05) is 31.9 Å². The number of nitrogens with one attached hydrogen (secondary N) is 2. The molecule has 2 amide bonds. The van der Waals surface area contributed by atoms with Crippen molar-refractivity contribution in [3.63, 3.8) is 0 Å². The molecule has 0 saturated heterocycles. The summed E-state index contributed by atoms with van der Waals surface area (Å²) in [4.78, 5) is 23.7. The first-order chi connectivity index (χ1) is 11.0. The molecule has 2 aromatic rings. The van der Waals surface area contributed by atoms with Gasteiger partial charge in [0.05, 0.1) is 0 Å². The second kappa shape index (κ2) is 8.12. The van der Waals surface area contributed by atoms with Gasteiger partial charge in [0.2, 0.25) is 0 Å². The third kappa shape index (κ3) is 5.37. The molecule has 0 aromatic heterocycles. The van der Waals surface area contributed by atoms with Crippen LogP contribution in [-0.4, -0.2) is 18.4 Å². The second-order valence-corrected chi connectivity index (χ2v) is 6.54. The van der Waals surface area contributed by atoms with E-state index in [1.165, 1.54) is 0 Å². The van der Waals surface area contributed by atoms with Crippen molar-refractivity contribution < 1.29 is 14.3 Å². The Balaban J connectivity index is 1.81. The van der Waals surface area contributed by atoms with E-state index in [1.54, 1.807) is 24.3 Å². The highest BCUT2D eigenvalue weighted by Crippen LogP contribution is 2.16. The summed E-state index contributed by atoms with van der Waals surface area (Å²) in [5.41, 5.74) is 5.97. The Labute approximate surface area is 150 Å². The standard InChI is InChI=1S/C16H14Br2N2O3/c1-10-8-12(18)4-7-14(10)16(22)20-19-15(21)9-23-13-5-2-11(17)3-6-13/h2-8H,9H2,1H3,(H,19,21)(H,20,22). The smallest absolute Gasteiger partial charge is 0.276 e. The zero-order valence-corrected chi connectivity index (χ0v) is 15.4. The highest BCUT2D eigenvalue weighted by atomic mass is 79.9. The maximum atomic E-state index is 12.0. The zero-order valence-electron chi connectivity index (χ0n) is 12.2. The van der Waals surface area contributed by atoms with Crippen molar-refractivity contribution in [1.29, 1.82) is 0 Å². The van der Waals surface area contributed by atoms with Crippen molar-refractivity contribution >= 4 is 43.7 Å². The molecule has 0 fully saturated rings. The van der Waals surface area contributed by atoms with Crippen LogP contribution in [0.1, 0.15) is 15.9 Å². The van der Waals surface area contributed by atoms with Crippen LogP contribution in [0.3, 0.4) is 0 Å². The minimum atomic E-state index is -0.448. The molecule has 2 aromatic carbocycles. The number of halogens is 2. The Morgan fingerprint density at radius 2 is 1.65 bits per heavy atom. The number of hydrogen-bond acceptors (Lipinski definition) is 3. The fraction of sp³-hybridized carbons (Fsp3) is 0.125. The first kappa shape index (κ1) is 17.5. The molecule has 0 bridgehead atoms. The van der Waals surface area contributed by atoms with Gasteiger partial charge >= 0.3 is 0 Å². The average molecular weight is 442 g/mol. The molecule has 0 radical (unpaired) electrons. The molecular formula is C16H14Br2N2O3. The molecule has 120 valence electrons. The number of carbonyl (C=O) groups excluding carboxylic acids is 2. The first-order valence-electron chi connectivity index (χ1n) is 6.69. The lowest BCUT2D eigenvalue weighted by Crippen LogP contribution is -2.44. The van der Waals surface area contributed by atoms with Crippen LogP contribution < -0.4 is 15.6 Å². The van der Waals surface area contributed by atoms with Gasteiger partial charge in [-0.15, -0.1) is 0 Å². The van der Waals surface area contributed by atoms with E-state index in [0.717, 1.165) is 14.5 Å². The number of amides is 2. The molecule has 0 unspecified atom stereocenters. The van der Waals surface area contributed by atoms with Gasteiger partial charge in [-0.05, 0) is 55.0 Å². The topological polar surface area (TPSA) is 67.4 Å². The van der Waals surface area contributed by atoms with Crippen LogP contribution in [0.25, 0.3) is 0 Å². The van der Waals surface area contributed by atoms with E-state index in [1.807, 2.05) is 25.1 Å². The molecule has 0 heterocycles. The van der Waals surface area contributed by atoms with E-state index in [0.29, 0.717) is 11.3 Å². The zero-order chi connectivity index (χ0) is 16.8. The van der Waals surface area contributed by atoms with Crippen molar-refractivity contribution in [2.75, 3.05) is 6.61 Å². The summed E-state index contributed by atoms with van der Waals surface area (Å²) in [7, 11) is 0. The Morgan fingerprint density at radius 1 is 1.00 bits per heavy atom. The van der Waals surface area contributed by atoms with E-state index in [9.17, 15) is 9.59 Å². The highest BCUT2D eigenvalue weighted by Gasteiger charge is 2.10. The van der Waals surface area contributed by atoms with Crippen LogP contribution in [-0.2, 0) is 4.79 Å². The van der Waals surface area contributed by atoms with Crippen LogP contribution in [0, 0.1) is 6.92 Å². The van der Waals surface area contributed by atoms with Gasteiger partial charge in [-0.3, -0.25) is 20.4 Å². The van der Waals surface area contributed by atoms with Crippen molar-refractivity contribution in [2.24, 2.45) is 0 Å². The van der Waals surface area contributed by atoms with Gasteiger partial charge in [0.25, 0.3) is 11.8 Å². The Morgan fingerprint density at radius 3 is 2.30 bits per heavy atom. The largest absolute Gasteiger partial charge is 0.484 e. The predicted octanol–water partition coefficient (Wildman–Crippen LogP) is 3.36. The number of benzene rings is 2. The molecule has 0 aliphatic carbocycles. The Kier molecular flexibility index (Phi) is 6.18. The molecule has 0 aliphatic rings. The monoisotopic (exact) mass is 440 g/mol. The van der Waals surface area contributed by atoms with Gasteiger partial charge in [0.1, 0.15) is 5.75 Å². The molecule has 0 aliphatic heterocycles. The lowest BCUT2D eigenvalue weighted by molar-refractivity contribution is -0.123. The first-order valence-corrected chi connectivity index (χ1v) is 8.28. The SMILES string of the molecule is Cc1cc(Br)ccc1C(=O)NNC(=O)COc1ccc(Br)cc1. The highest BCUT2D eigenvalue weighted by molar-refractivity contribution is 9.10. The van der Waals surface area contributed by atoms with E-state index in [-0.39, 0.29) is 12.5 Å². The number of ether oxygens (including phenoxy) is 1. The molecular weight excluding hydrogens is 428 g/mol. The lowest BCUT2D eigenvalue weighted by atomic mass is 10.1. The number of carbonyl (C=O) groups is 2. The van der Waals surface area contributed by atoms with Crippen LogP contribution in [0.4, 0.5) is 0 Å². The number of rotatable bonds is 4. The summed E-state index contributed by atoms with van der Waals surface area (Å²) in [6.07, 6.45) is 0. The van der Waals surface area contributed by atoms with Crippen LogP contribution in [0.2, 0.25) is 0 Å². The lowest BCUT2D eigenvalue weighted by Gasteiger charge is -2.10. The average Bonchev–Trinajstić information content (AvgIpc) is 2.52. The van der Waals surface area contributed by atoms with E-state index < -0.39 is 5.91 Å². The fourth-order valence-corrected chi connectivity index (χ4v) is 2.53. The second-order valence-electron chi connectivity index (χ2n) is 4.70. The number of hydrazine groups is 1. The van der Waals surface area contributed by atoms with Crippen molar-refractivity contribution in [3.05, 3.63) is 62.5 Å². The quantitative estimate of drug-likeness (QED) is 0.715. The van der Waals surface area contributed by atoms with Gasteiger partial charge in [0, 0.05) is 14.5 Å². The van der Waals surface area contributed by atoms with Gasteiger partial charge in [-0.25, -0.2) is 0 Å². The van der Waals surface area contributed by atoms with E-state index in [2.05, 4.69) is 42.7 Å². The van der Waals surface area contributed by atoms with Gasteiger partial charge < -0.3 is 4.74 Å². The van der Waals surface area contributed by atoms with Crippen LogP contribution >= 0.6 is 31.9 Å². The Bertz CT molecular complexity index is 718. The number of aryl methyl sites for hydroxylation is 1. The van der Waals surface area contributed by atoms with E-state index in [4.69, 9.17) is 4.74 Å². The minimum Gasteiger partial charge on any atom is -0.484 e. The molecule has 2 N–H and O–H groups in total. The third-order valence-electron chi connectivity index (χ3n) is 2.93. The summed E-state index contributed by atoms with van der Waals surface area (Å²) in [5.74, 6) is -0.263. The van der Waals surface area contributed by atoms with Crippen molar-refractivity contribution in [1.82, 2.24) is 10.9 Å². The molecule has 0 saturated carbocycles. The maximum absolute atomic E-state index is 12.0. The molecule has 23 heavy (non-hydrogen) atoms. The predicted molar refractivity (Wildman–Crippen MR) is 94.1 cm³/mol. The summed E-state index contributed by atoms with van der Waals surface area (Å²) < 4.78 is 7.12. The molecule has 2 rings (SSSR count). The summed E-state index contributed by atoms with van der Waals surface area (Å²) in [6, 6.07) is 12.4. The maximum Gasteiger partial charge on any atom is 0.276 e. The summed E-state index contributed by atoms with van der Waals surface area (Å²) >= 11 is 6.65. The van der Waals surface area contributed by atoms with Crippen molar-refractivity contribution in [2.45, 2.75) is 6.92 Å². The minimum absolute atomic E-state index is 0.193. The van der Waals surface area contributed by atoms with Crippen LogP contribution in [0.15, 0.2) is 51.4 Å². The molecule has 0 atom stereocenters.